The van der Waals surface area contributed by atoms with Crippen LogP contribution >= 0.6 is 0 Å². The van der Waals surface area contributed by atoms with Crippen molar-refractivity contribution < 1.29 is 9.90 Å². The number of carboxylic acids is 1. The lowest BCUT2D eigenvalue weighted by molar-refractivity contribution is -0.131. The van der Waals surface area contributed by atoms with Gasteiger partial charge in [-0.3, -0.25) is 0 Å². The highest BCUT2D eigenvalue weighted by molar-refractivity contribution is 5.79. The van der Waals surface area contributed by atoms with Crippen molar-refractivity contribution >= 4 is 5.97 Å². The molecule has 0 aliphatic heterocycles. The monoisotopic (exact) mass is 113 g/mol. The molecule has 0 aliphatic rings. The summed E-state index contributed by atoms with van der Waals surface area (Å²) in [6, 6.07) is 0. The van der Waals surface area contributed by atoms with Crippen LogP contribution in [0.4, 0.5) is 0 Å². The molecule has 0 saturated heterocycles. The molecule has 0 heterocycles. The zero-order valence-electron chi connectivity index (χ0n) is 4.85. The van der Waals surface area contributed by atoms with Gasteiger partial charge in [-0.1, -0.05) is 13.3 Å². The van der Waals surface area contributed by atoms with Gasteiger partial charge >= 0.3 is 5.97 Å². The van der Waals surface area contributed by atoms with Gasteiger partial charge in [0.25, 0.3) is 0 Å². The first-order chi connectivity index (χ1) is 3.77. The number of hydrogen-bond donors (Lipinski definition) is 1. The van der Waals surface area contributed by atoms with Crippen molar-refractivity contribution in [3.8, 4) is 0 Å². The summed E-state index contributed by atoms with van der Waals surface area (Å²) in [5.74, 6) is -0.918. The SMILES string of the molecule is CCC/[C]=C\C(=O)O. The molecule has 0 bridgehead atoms. The molecule has 0 aliphatic carbocycles. The molecule has 0 spiro atoms. The number of hydrogen-bond acceptors (Lipinski definition) is 1. The lowest BCUT2D eigenvalue weighted by Crippen LogP contribution is -1.85. The van der Waals surface area contributed by atoms with Gasteiger partial charge in [0.15, 0.2) is 0 Å². The molecule has 0 aromatic rings. The van der Waals surface area contributed by atoms with E-state index in [2.05, 4.69) is 6.08 Å². The molecule has 0 saturated carbocycles. The van der Waals surface area contributed by atoms with E-state index in [1.54, 1.807) is 0 Å². The van der Waals surface area contributed by atoms with Crippen LogP contribution in [0.15, 0.2) is 6.08 Å². The Kier molecular flexibility index (Phi) is 3.94. The summed E-state index contributed by atoms with van der Waals surface area (Å²) < 4.78 is 0. The average molecular weight is 113 g/mol. The van der Waals surface area contributed by atoms with Crippen LogP contribution in [0, 0.1) is 6.08 Å². The fraction of sp³-hybridized carbons (Fsp3) is 0.500. The minimum atomic E-state index is -0.918. The molecule has 0 rings (SSSR count). The van der Waals surface area contributed by atoms with Crippen molar-refractivity contribution in [1.82, 2.24) is 0 Å². The van der Waals surface area contributed by atoms with E-state index in [4.69, 9.17) is 5.11 Å². The standard InChI is InChI=1S/C6H9O2/c1-2-3-4-5-6(7)8/h5H,2-3H2,1H3,(H,7,8). The first-order valence-electron chi connectivity index (χ1n) is 2.57. The summed E-state index contributed by atoms with van der Waals surface area (Å²) >= 11 is 0. The molecule has 0 amide bonds. The summed E-state index contributed by atoms with van der Waals surface area (Å²) in [5, 5.41) is 8.02. The predicted octanol–water partition coefficient (Wildman–Crippen LogP) is 1.23. The van der Waals surface area contributed by atoms with Crippen molar-refractivity contribution in [3.05, 3.63) is 12.2 Å². The Balaban J connectivity index is 3.20. The van der Waals surface area contributed by atoms with Gasteiger partial charge in [0.1, 0.15) is 0 Å². The molecule has 0 aromatic heterocycles. The quantitative estimate of drug-likeness (QED) is 0.559. The van der Waals surface area contributed by atoms with Crippen LogP contribution in [-0.2, 0) is 4.79 Å². The van der Waals surface area contributed by atoms with Crippen molar-refractivity contribution in [2.45, 2.75) is 19.8 Å². The van der Waals surface area contributed by atoms with Gasteiger partial charge in [0.2, 0.25) is 0 Å². The molecule has 1 radical (unpaired) electrons. The molecule has 0 atom stereocenters. The molecular weight excluding hydrogens is 104 g/mol. The Labute approximate surface area is 48.8 Å². The summed E-state index contributed by atoms with van der Waals surface area (Å²) in [6.07, 6.45) is 5.33. The van der Waals surface area contributed by atoms with Gasteiger partial charge in [-0.15, -0.1) is 0 Å². The molecule has 2 heteroatoms. The van der Waals surface area contributed by atoms with E-state index in [1.165, 1.54) is 0 Å². The molecule has 1 N–H and O–H groups in total. The van der Waals surface area contributed by atoms with E-state index in [0.29, 0.717) is 0 Å². The maximum atomic E-state index is 9.76. The summed E-state index contributed by atoms with van der Waals surface area (Å²) in [5.41, 5.74) is 0. The van der Waals surface area contributed by atoms with Gasteiger partial charge in [0, 0.05) is 6.08 Å². The van der Waals surface area contributed by atoms with Crippen molar-refractivity contribution in [3.63, 3.8) is 0 Å². The van der Waals surface area contributed by atoms with E-state index in [0.717, 1.165) is 18.9 Å². The lowest BCUT2D eigenvalue weighted by Gasteiger charge is -1.78. The Morgan fingerprint density at radius 2 is 2.50 bits per heavy atom. The molecule has 45 valence electrons. The van der Waals surface area contributed by atoms with Gasteiger partial charge in [-0.2, -0.15) is 0 Å². The zero-order valence-corrected chi connectivity index (χ0v) is 4.85. The second kappa shape index (κ2) is 4.37. The molecule has 0 unspecified atom stereocenters. The number of allylic oxidation sites excluding steroid dienone is 1. The smallest absolute Gasteiger partial charge is 0.328 e. The van der Waals surface area contributed by atoms with Crippen LogP contribution in [0.3, 0.4) is 0 Å². The van der Waals surface area contributed by atoms with Crippen molar-refractivity contribution in [1.29, 1.82) is 0 Å². The summed E-state index contributed by atoms with van der Waals surface area (Å²) in [7, 11) is 0. The van der Waals surface area contributed by atoms with E-state index < -0.39 is 5.97 Å². The van der Waals surface area contributed by atoms with Gasteiger partial charge in [-0.05, 0) is 12.5 Å². The topological polar surface area (TPSA) is 37.3 Å². The van der Waals surface area contributed by atoms with Gasteiger partial charge in [-0.25, -0.2) is 4.79 Å². The van der Waals surface area contributed by atoms with Crippen LogP contribution < -0.4 is 0 Å². The fourth-order valence-electron chi connectivity index (χ4n) is 0.304. The Morgan fingerprint density at radius 3 is 2.88 bits per heavy atom. The largest absolute Gasteiger partial charge is 0.478 e. The molecule has 0 fully saturated rings. The predicted molar refractivity (Wildman–Crippen MR) is 30.4 cm³/mol. The van der Waals surface area contributed by atoms with Crippen LogP contribution in [0.5, 0.6) is 0 Å². The normalized spacial score (nSPS) is 10.1. The highest BCUT2D eigenvalue weighted by Gasteiger charge is 1.81. The van der Waals surface area contributed by atoms with Gasteiger partial charge < -0.3 is 5.11 Å². The van der Waals surface area contributed by atoms with Crippen molar-refractivity contribution in [2.24, 2.45) is 0 Å². The van der Waals surface area contributed by atoms with Crippen molar-refractivity contribution in [2.75, 3.05) is 0 Å². The number of aliphatic carboxylic acids is 1. The Hall–Kier alpha value is -0.790. The third-order valence-electron chi connectivity index (χ3n) is 0.620. The maximum absolute atomic E-state index is 9.76. The molecule has 2 nitrogen and oxygen atoms in total. The highest BCUT2D eigenvalue weighted by atomic mass is 16.4. The third kappa shape index (κ3) is 5.21. The average Bonchev–Trinajstić information content (AvgIpc) is 1.66. The third-order valence-corrected chi connectivity index (χ3v) is 0.620. The second-order valence-electron chi connectivity index (χ2n) is 1.44. The van der Waals surface area contributed by atoms with E-state index in [-0.39, 0.29) is 0 Å². The number of carboxylic acid groups (broad SMARTS) is 1. The molecular formula is C6H9O2. The van der Waals surface area contributed by atoms with Crippen LogP contribution in [-0.4, -0.2) is 11.1 Å². The number of carbonyl (C=O) groups is 1. The van der Waals surface area contributed by atoms with Gasteiger partial charge in [0.05, 0.1) is 0 Å². The fourth-order valence-corrected chi connectivity index (χ4v) is 0.304. The number of unbranched alkanes of at least 4 members (excludes halogenated alkanes) is 1. The Morgan fingerprint density at radius 1 is 1.88 bits per heavy atom. The summed E-state index contributed by atoms with van der Waals surface area (Å²) in [4.78, 5) is 9.76. The first kappa shape index (κ1) is 7.21. The van der Waals surface area contributed by atoms with Crippen LogP contribution in [0.25, 0.3) is 0 Å². The second-order valence-corrected chi connectivity index (χ2v) is 1.44. The summed E-state index contributed by atoms with van der Waals surface area (Å²) in [6.45, 7) is 1.97. The van der Waals surface area contributed by atoms with Crippen LogP contribution in [0.2, 0.25) is 0 Å². The van der Waals surface area contributed by atoms with E-state index >= 15 is 0 Å². The first-order valence-corrected chi connectivity index (χ1v) is 2.57. The minimum absolute atomic E-state index is 0.728. The minimum Gasteiger partial charge on any atom is -0.478 e. The van der Waals surface area contributed by atoms with Crippen LogP contribution in [0.1, 0.15) is 19.8 Å². The Bertz CT molecular complexity index is 94.7. The zero-order chi connectivity index (χ0) is 6.41. The van der Waals surface area contributed by atoms with E-state index in [1.807, 2.05) is 6.92 Å². The van der Waals surface area contributed by atoms with E-state index in [9.17, 15) is 4.79 Å². The lowest BCUT2D eigenvalue weighted by atomic mass is 10.3. The molecule has 8 heavy (non-hydrogen) atoms. The maximum Gasteiger partial charge on any atom is 0.328 e. The number of rotatable bonds is 3. The molecule has 0 aromatic carbocycles. The highest BCUT2D eigenvalue weighted by Crippen LogP contribution is 1.85.